The van der Waals surface area contributed by atoms with Crippen LogP contribution < -0.4 is 11.1 Å². The molecule has 3 N–H and O–H groups in total. The van der Waals surface area contributed by atoms with Crippen molar-refractivity contribution >= 4 is 29.6 Å². The molecule has 11 heavy (non-hydrogen) atoms. The van der Waals surface area contributed by atoms with Crippen LogP contribution in [-0.2, 0) is 4.79 Å². The van der Waals surface area contributed by atoms with E-state index in [9.17, 15) is 4.79 Å². The number of hydrogen-bond donors (Lipinski definition) is 2. The minimum Gasteiger partial charge on any atom is -0.390 e. The molecule has 0 atom stereocenters. The molecule has 0 aliphatic heterocycles. The molecule has 0 radical (unpaired) electrons. The fraction of sp³-hybridized carbons (Fsp3) is 0.200. The van der Waals surface area contributed by atoms with Gasteiger partial charge in [-0.2, -0.15) is 5.26 Å². The van der Waals surface area contributed by atoms with Crippen LogP contribution >= 0.6 is 12.2 Å². The molecule has 0 fully saturated rings. The van der Waals surface area contributed by atoms with Crippen molar-refractivity contribution in [2.45, 2.75) is 6.42 Å². The highest BCUT2D eigenvalue weighted by Crippen LogP contribution is 1.78. The van der Waals surface area contributed by atoms with Crippen molar-refractivity contribution in [2.75, 3.05) is 0 Å². The first-order valence-corrected chi connectivity index (χ1v) is 3.06. The molecule has 0 rings (SSSR count). The molecule has 58 valence electrons. The van der Waals surface area contributed by atoms with Gasteiger partial charge in [0.2, 0.25) is 11.0 Å². The molecule has 0 aromatic heterocycles. The van der Waals surface area contributed by atoms with Crippen molar-refractivity contribution < 1.29 is 4.79 Å². The lowest BCUT2D eigenvalue weighted by molar-refractivity contribution is -0.118. The van der Waals surface area contributed by atoms with Crippen LogP contribution in [0.5, 0.6) is 0 Å². The van der Waals surface area contributed by atoms with Crippen LogP contribution in [0.15, 0.2) is 4.99 Å². The minimum absolute atomic E-state index is 0.0345. The summed E-state index contributed by atoms with van der Waals surface area (Å²) in [5.41, 5.74) is 4.88. The Labute approximate surface area is 68.9 Å². The van der Waals surface area contributed by atoms with Crippen LogP contribution in [0.2, 0.25) is 0 Å². The number of hydrogen-bond acceptors (Lipinski definition) is 3. The number of carbonyl (C=O) groups excluding carboxylic acids is 1. The summed E-state index contributed by atoms with van der Waals surface area (Å²) in [6.45, 7) is 0. The molecule has 6 heteroatoms. The second kappa shape index (κ2) is 5.32. The van der Waals surface area contributed by atoms with Crippen LogP contribution in [0.25, 0.3) is 0 Å². The Bertz CT molecular complexity index is 229. The molecule has 0 aliphatic rings. The van der Waals surface area contributed by atoms with Gasteiger partial charge in [0.05, 0.1) is 12.4 Å². The molecule has 0 unspecified atom stereocenters. The van der Waals surface area contributed by atoms with Crippen molar-refractivity contribution in [1.82, 2.24) is 5.32 Å². The van der Waals surface area contributed by atoms with Crippen molar-refractivity contribution in [3.63, 3.8) is 0 Å². The average molecular weight is 170 g/mol. The van der Waals surface area contributed by atoms with Gasteiger partial charge < -0.3 is 11.1 Å². The van der Waals surface area contributed by atoms with E-state index in [-0.39, 0.29) is 11.5 Å². The zero-order valence-corrected chi connectivity index (χ0v) is 6.39. The van der Waals surface area contributed by atoms with Crippen LogP contribution in [0.4, 0.5) is 0 Å². The fourth-order valence-electron chi connectivity index (χ4n) is 0.335. The number of carbonyl (C=O) groups is 1. The Balaban J connectivity index is 3.78. The van der Waals surface area contributed by atoms with Crippen LogP contribution in [-0.4, -0.2) is 17.4 Å². The van der Waals surface area contributed by atoms with E-state index in [0.717, 1.165) is 6.34 Å². The molecule has 0 saturated carbocycles. The van der Waals surface area contributed by atoms with E-state index in [4.69, 9.17) is 11.0 Å². The summed E-state index contributed by atoms with van der Waals surface area (Å²) in [6.07, 6.45) is 0.731. The number of nitriles is 1. The first kappa shape index (κ1) is 9.52. The smallest absolute Gasteiger partial charge is 0.240 e. The predicted molar refractivity (Wildman–Crippen MR) is 43.7 cm³/mol. The van der Waals surface area contributed by atoms with Gasteiger partial charge in [0, 0.05) is 0 Å². The molecule has 0 saturated heterocycles. The predicted octanol–water partition coefficient (Wildman–Crippen LogP) is -0.712. The summed E-state index contributed by atoms with van der Waals surface area (Å²) in [6, 6.07) is 1.66. The molecule has 0 heterocycles. The lowest BCUT2D eigenvalue weighted by Crippen LogP contribution is -2.27. The van der Waals surface area contributed by atoms with Crippen LogP contribution in [0, 0.1) is 11.3 Å². The van der Waals surface area contributed by atoms with Gasteiger partial charge in [-0.15, -0.1) is 0 Å². The summed E-state index contributed by atoms with van der Waals surface area (Å²) in [4.78, 5) is 14.0. The van der Waals surface area contributed by atoms with Crippen LogP contribution in [0.1, 0.15) is 6.42 Å². The SMILES string of the molecule is N#CCC(=O)NC(=S)/N=C\N. The van der Waals surface area contributed by atoms with E-state index in [1.54, 1.807) is 6.07 Å². The highest BCUT2D eigenvalue weighted by molar-refractivity contribution is 7.80. The van der Waals surface area contributed by atoms with Gasteiger partial charge in [-0.05, 0) is 12.2 Å². The van der Waals surface area contributed by atoms with Crippen molar-refractivity contribution in [3.8, 4) is 6.07 Å². The third kappa shape index (κ3) is 4.99. The topological polar surface area (TPSA) is 91.3 Å². The largest absolute Gasteiger partial charge is 0.390 e. The normalized spacial score (nSPS) is 9.00. The lowest BCUT2D eigenvalue weighted by Gasteiger charge is -1.95. The second-order valence-corrected chi connectivity index (χ2v) is 1.85. The van der Waals surface area contributed by atoms with E-state index < -0.39 is 5.91 Å². The number of nitrogens with zero attached hydrogens (tertiary/aromatic N) is 2. The second-order valence-electron chi connectivity index (χ2n) is 1.47. The molecule has 0 aromatic rings. The van der Waals surface area contributed by atoms with Gasteiger partial charge in [0.15, 0.2) is 0 Å². The molecule has 1 amide bonds. The molecular weight excluding hydrogens is 164 g/mol. The van der Waals surface area contributed by atoms with Gasteiger partial charge in [-0.1, -0.05) is 0 Å². The van der Waals surface area contributed by atoms with Crippen molar-refractivity contribution in [1.29, 1.82) is 5.26 Å². The molecular formula is C5H6N4OS. The number of aliphatic imine (C=N–C) groups is 1. The first-order chi connectivity index (χ1) is 5.20. The quantitative estimate of drug-likeness (QED) is 0.309. The highest BCUT2D eigenvalue weighted by atomic mass is 32.1. The van der Waals surface area contributed by atoms with Crippen molar-refractivity contribution in [2.24, 2.45) is 10.7 Å². The Kier molecular flexibility index (Phi) is 4.60. The Morgan fingerprint density at radius 2 is 2.55 bits per heavy atom. The summed E-state index contributed by atoms with van der Waals surface area (Å²) in [5, 5.41) is 10.2. The molecule has 0 bridgehead atoms. The lowest BCUT2D eigenvalue weighted by atomic mass is 10.4. The van der Waals surface area contributed by atoms with Crippen LogP contribution in [0.3, 0.4) is 0 Å². The maximum atomic E-state index is 10.6. The molecule has 0 aromatic carbocycles. The van der Waals surface area contributed by atoms with Gasteiger partial charge in [-0.3, -0.25) is 4.79 Å². The van der Waals surface area contributed by atoms with Gasteiger partial charge >= 0.3 is 0 Å². The van der Waals surface area contributed by atoms with E-state index in [0.29, 0.717) is 0 Å². The minimum atomic E-state index is -0.483. The average Bonchev–Trinajstić information content (AvgIpc) is 1.87. The zero-order chi connectivity index (χ0) is 8.69. The Morgan fingerprint density at radius 1 is 1.91 bits per heavy atom. The van der Waals surface area contributed by atoms with E-state index in [1.807, 2.05) is 0 Å². The van der Waals surface area contributed by atoms with E-state index >= 15 is 0 Å². The van der Waals surface area contributed by atoms with Gasteiger partial charge in [0.25, 0.3) is 0 Å². The fourth-order valence-corrected chi connectivity index (χ4v) is 0.510. The summed E-state index contributed by atoms with van der Waals surface area (Å²) < 4.78 is 0. The number of nitrogens with two attached hydrogens (primary N) is 1. The third-order valence-corrected chi connectivity index (χ3v) is 0.885. The molecule has 0 aliphatic carbocycles. The van der Waals surface area contributed by atoms with Gasteiger partial charge in [0.1, 0.15) is 6.42 Å². The number of nitrogens with one attached hydrogen (secondary N) is 1. The third-order valence-electron chi connectivity index (χ3n) is 0.678. The maximum absolute atomic E-state index is 10.6. The Hall–Kier alpha value is -1.48. The summed E-state index contributed by atoms with van der Waals surface area (Å²) >= 11 is 4.52. The zero-order valence-electron chi connectivity index (χ0n) is 5.57. The highest BCUT2D eigenvalue weighted by Gasteiger charge is 2.00. The monoisotopic (exact) mass is 170 g/mol. The first-order valence-electron chi connectivity index (χ1n) is 2.65. The number of thiocarbonyl (C=S) groups is 1. The van der Waals surface area contributed by atoms with E-state index in [2.05, 4.69) is 22.5 Å². The molecule has 0 spiro atoms. The number of amides is 1. The van der Waals surface area contributed by atoms with E-state index in [1.165, 1.54) is 0 Å². The standard InChI is InChI=1S/C5H6N4OS/c6-2-1-4(10)9-5(11)8-3-7/h3H,1H2,(H3,7,8,9,10,11). The summed E-state index contributed by atoms with van der Waals surface area (Å²) in [7, 11) is 0. The summed E-state index contributed by atoms with van der Waals surface area (Å²) in [5.74, 6) is -0.483. The Morgan fingerprint density at radius 3 is 3.00 bits per heavy atom. The van der Waals surface area contributed by atoms with Gasteiger partial charge in [-0.25, -0.2) is 4.99 Å². The van der Waals surface area contributed by atoms with Crippen molar-refractivity contribution in [3.05, 3.63) is 0 Å². The maximum Gasteiger partial charge on any atom is 0.240 e. The number of rotatable bonds is 1. The molecule has 5 nitrogen and oxygen atoms in total.